The van der Waals surface area contributed by atoms with Crippen LogP contribution in [0.3, 0.4) is 0 Å². The molecular weight excluding hydrogens is 252 g/mol. The van der Waals surface area contributed by atoms with Crippen LogP contribution in [-0.2, 0) is 11.2 Å². The molecule has 0 radical (unpaired) electrons. The molecule has 1 heterocycles. The second-order valence-corrected chi connectivity index (χ2v) is 4.59. The second kappa shape index (κ2) is 6.80. The minimum absolute atomic E-state index is 0.340. The van der Waals surface area contributed by atoms with Crippen LogP contribution in [0.2, 0.25) is 0 Å². The fourth-order valence-corrected chi connectivity index (χ4v) is 1.89. The van der Waals surface area contributed by atoms with Gasteiger partial charge in [0.05, 0.1) is 12.7 Å². The van der Waals surface area contributed by atoms with E-state index in [1.54, 1.807) is 12.1 Å². The number of ether oxygens (including phenoxy) is 1. The van der Waals surface area contributed by atoms with Crippen molar-refractivity contribution in [2.24, 2.45) is 0 Å². The maximum atomic E-state index is 11.4. The quantitative estimate of drug-likeness (QED) is 0.782. The van der Waals surface area contributed by atoms with E-state index in [2.05, 4.69) is 21.6 Å². The monoisotopic (exact) mass is 270 g/mol. The van der Waals surface area contributed by atoms with Crippen LogP contribution in [0.15, 0.2) is 36.7 Å². The summed E-state index contributed by atoms with van der Waals surface area (Å²) in [6, 6.07) is 7.09. The Morgan fingerprint density at radius 3 is 2.35 bits per heavy atom. The summed E-state index contributed by atoms with van der Waals surface area (Å²) in [7, 11) is 1.37. The lowest BCUT2D eigenvalue weighted by atomic mass is 10.1. The van der Waals surface area contributed by atoms with Crippen molar-refractivity contribution in [3.05, 3.63) is 47.8 Å². The summed E-state index contributed by atoms with van der Waals surface area (Å²) in [5.41, 5.74) is 2.57. The lowest BCUT2D eigenvalue weighted by Gasteiger charge is -2.03. The molecule has 0 saturated carbocycles. The van der Waals surface area contributed by atoms with Gasteiger partial charge >= 0.3 is 5.97 Å². The first-order valence-electron chi connectivity index (χ1n) is 6.74. The van der Waals surface area contributed by atoms with Crippen LogP contribution in [0.5, 0.6) is 0 Å². The number of hydrogen-bond donors (Lipinski definition) is 0. The number of rotatable bonds is 5. The highest BCUT2D eigenvalue weighted by Gasteiger charge is 2.06. The van der Waals surface area contributed by atoms with E-state index in [0.717, 1.165) is 30.4 Å². The predicted octanol–water partition coefficient (Wildman–Crippen LogP) is 3.27. The zero-order chi connectivity index (χ0) is 14.4. The van der Waals surface area contributed by atoms with E-state index in [1.165, 1.54) is 7.11 Å². The molecule has 0 atom stereocenters. The van der Waals surface area contributed by atoms with Crippen LogP contribution >= 0.6 is 0 Å². The molecule has 0 aliphatic heterocycles. The zero-order valence-electron chi connectivity index (χ0n) is 11.8. The molecular formula is C16H18N2O2. The highest BCUT2D eigenvalue weighted by atomic mass is 16.5. The van der Waals surface area contributed by atoms with Gasteiger partial charge in [-0.3, -0.25) is 0 Å². The number of carbonyl (C=O) groups is 1. The van der Waals surface area contributed by atoms with Crippen LogP contribution in [0.1, 0.15) is 35.7 Å². The summed E-state index contributed by atoms with van der Waals surface area (Å²) in [4.78, 5) is 20.1. The molecule has 1 aromatic carbocycles. The van der Waals surface area contributed by atoms with E-state index in [9.17, 15) is 4.79 Å². The predicted molar refractivity (Wildman–Crippen MR) is 77.4 cm³/mol. The topological polar surface area (TPSA) is 52.1 Å². The largest absolute Gasteiger partial charge is 0.465 e. The molecule has 2 rings (SSSR count). The molecule has 20 heavy (non-hydrogen) atoms. The number of aryl methyl sites for hydroxylation is 1. The molecule has 0 N–H and O–H groups in total. The zero-order valence-corrected chi connectivity index (χ0v) is 11.8. The van der Waals surface area contributed by atoms with Crippen LogP contribution in [0.4, 0.5) is 0 Å². The van der Waals surface area contributed by atoms with E-state index in [4.69, 9.17) is 0 Å². The molecule has 0 saturated heterocycles. The van der Waals surface area contributed by atoms with Gasteiger partial charge in [-0.1, -0.05) is 25.5 Å². The third kappa shape index (κ3) is 3.41. The van der Waals surface area contributed by atoms with Crippen molar-refractivity contribution in [1.29, 1.82) is 0 Å². The van der Waals surface area contributed by atoms with E-state index in [1.807, 2.05) is 24.5 Å². The van der Waals surface area contributed by atoms with Crippen molar-refractivity contribution in [1.82, 2.24) is 9.97 Å². The molecule has 4 heteroatoms. The molecule has 0 aliphatic rings. The Balaban J connectivity index is 2.13. The first kappa shape index (κ1) is 14.2. The normalized spacial score (nSPS) is 10.3. The maximum absolute atomic E-state index is 11.4. The van der Waals surface area contributed by atoms with E-state index < -0.39 is 0 Å². The van der Waals surface area contributed by atoms with Gasteiger partial charge < -0.3 is 4.74 Å². The number of esters is 1. The molecule has 0 fully saturated rings. The van der Waals surface area contributed by atoms with Crippen molar-refractivity contribution < 1.29 is 9.53 Å². The lowest BCUT2D eigenvalue weighted by Crippen LogP contribution is -2.00. The van der Waals surface area contributed by atoms with Crippen LogP contribution in [-0.4, -0.2) is 23.0 Å². The van der Waals surface area contributed by atoms with Crippen LogP contribution < -0.4 is 0 Å². The lowest BCUT2D eigenvalue weighted by molar-refractivity contribution is 0.0601. The Kier molecular flexibility index (Phi) is 4.82. The van der Waals surface area contributed by atoms with Gasteiger partial charge in [0.25, 0.3) is 0 Å². The summed E-state index contributed by atoms with van der Waals surface area (Å²) >= 11 is 0. The summed E-state index contributed by atoms with van der Waals surface area (Å²) in [6.45, 7) is 2.16. The first-order chi connectivity index (χ1) is 9.74. The maximum Gasteiger partial charge on any atom is 0.337 e. The molecule has 0 aliphatic carbocycles. The van der Waals surface area contributed by atoms with Gasteiger partial charge in [0.15, 0.2) is 5.82 Å². The van der Waals surface area contributed by atoms with Gasteiger partial charge in [-0.2, -0.15) is 0 Å². The Morgan fingerprint density at radius 1 is 1.15 bits per heavy atom. The molecule has 1 aromatic heterocycles. The first-order valence-corrected chi connectivity index (χ1v) is 6.74. The summed E-state index contributed by atoms with van der Waals surface area (Å²) < 4.78 is 4.66. The SMILES string of the molecule is CCCCc1cnc(-c2ccc(C(=O)OC)cc2)nc1. The van der Waals surface area contributed by atoms with E-state index >= 15 is 0 Å². The average molecular weight is 270 g/mol. The molecule has 0 amide bonds. The molecule has 2 aromatic rings. The smallest absolute Gasteiger partial charge is 0.337 e. The summed E-state index contributed by atoms with van der Waals surface area (Å²) in [5, 5.41) is 0. The molecule has 0 unspecified atom stereocenters. The number of methoxy groups -OCH3 is 1. The fraction of sp³-hybridized carbons (Fsp3) is 0.312. The number of hydrogen-bond acceptors (Lipinski definition) is 4. The van der Waals surface area contributed by atoms with Crippen molar-refractivity contribution in [3.8, 4) is 11.4 Å². The summed E-state index contributed by atoms with van der Waals surface area (Å²) in [5.74, 6) is 0.328. The summed E-state index contributed by atoms with van der Waals surface area (Å²) in [6.07, 6.45) is 7.06. The highest BCUT2D eigenvalue weighted by Crippen LogP contribution is 2.16. The minimum Gasteiger partial charge on any atom is -0.465 e. The van der Waals surface area contributed by atoms with E-state index in [-0.39, 0.29) is 5.97 Å². The van der Waals surface area contributed by atoms with Gasteiger partial charge in [-0.05, 0) is 30.5 Å². The second-order valence-electron chi connectivity index (χ2n) is 4.59. The van der Waals surface area contributed by atoms with Crippen LogP contribution in [0.25, 0.3) is 11.4 Å². The highest BCUT2D eigenvalue weighted by molar-refractivity contribution is 5.89. The van der Waals surface area contributed by atoms with E-state index in [0.29, 0.717) is 11.4 Å². The molecule has 0 bridgehead atoms. The number of aromatic nitrogens is 2. The Morgan fingerprint density at radius 2 is 1.80 bits per heavy atom. The van der Waals surface area contributed by atoms with Crippen molar-refractivity contribution in [3.63, 3.8) is 0 Å². The van der Waals surface area contributed by atoms with Crippen LogP contribution in [0, 0.1) is 0 Å². The minimum atomic E-state index is -0.340. The fourth-order valence-electron chi connectivity index (χ4n) is 1.89. The van der Waals surface area contributed by atoms with Gasteiger partial charge in [0, 0.05) is 18.0 Å². The molecule has 4 nitrogen and oxygen atoms in total. The molecule has 0 spiro atoms. The Hall–Kier alpha value is -2.23. The van der Waals surface area contributed by atoms with Crippen molar-refractivity contribution in [2.45, 2.75) is 26.2 Å². The number of carbonyl (C=O) groups excluding carboxylic acids is 1. The van der Waals surface area contributed by atoms with Gasteiger partial charge in [-0.25, -0.2) is 14.8 Å². The third-order valence-corrected chi connectivity index (χ3v) is 3.09. The standard InChI is InChI=1S/C16H18N2O2/c1-3-4-5-12-10-17-15(18-11-12)13-6-8-14(9-7-13)16(19)20-2/h6-11H,3-5H2,1-2H3. The van der Waals surface area contributed by atoms with Crippen molar-refractivity contribution >= 4 is 5.97 Å². The van der Waals surface area contributed by atoms with Gasteiger partial charge in [0.2, 0.25) is 0 Å². The van der Waals surface area contributed by atoms with Crippen molar-refractivity contribution in [2.75, 3.05) is 7.11 Å². The number of nitrogens with zero attached hydrogens (tertiary/aromatic N) is 2. The Labute approximate surface area is 118 Å². The Bertz CT molecular complexity index is 562. The average Bonchev–Trinajstić information content (AvgIpc) is 2.53. The number of benzene rings is 1. The number of unbranched alkanes of at least 4 members (excludes halogenated alkanes) is 1. The molecule has 104 valence electrons. The van der Waals surface area contributed by atoms with Gasteiger partial charge in [-0.15, -0.1) is 0 Å². The van der Waals surface area contributed by atoms with Gasteiger partial charge in [0.1, 0.15) is 0 Å². The third-order valence-electron chi connectivity index (χ3n) is 3.09.